The molecule has 0 radical (unpaired) electrons. The van der Waals surface area contributed by atoms with Gasteiger partial charge in [0.1, 0.15) is 11.7 Å². The van der Waals surface area contributed by atoms with E-state index in [0.29, 0.717) is 5.76 Å². The molecular weight excluding hydrogens is 257 g/mol. The van der Waals surface area contributed by atoms with E-state index in [1.165, 1.54) is 6.07 Å². The van der Waals surface area contributed by atoms with Crippen molar-refractivity contribution in [2.45, 2.75) is 38.3 Å². The first-order valence-corrected chi connectivity index (χ1v) is 4.90. The van der Waals surface area contributed by atoms with Crippen LogP contribution < -0.4 is 5.73 Å². The molecule has 0 aliphatic carbocycles. The van der Waals surface area contributed by atoms with E-state index in [9.17, 15) is 13.2 Å². The number of halogens is 4. The van der Waals surface area contributed by atoms with Gasteiger partial charge in [-0.15, -0.1) is 12.4 Å². The van der Waals surface area contributed by atoms with Crippen LogP contribution in [0.3, 0.4) is 0 Å². The van der Waals surface area contributed by atoms with E-state index in [0.717, 1.165) is 0 Å². The van der Waals surface area contributed by atoms with Crippen LogP contribution in [0, 0.1) is 0 Å². The van der Waals surface area contributed by atoms with E-state index >= 15 is 0 Å². The lowest BCUT2D eigenvalue weighted by Gasteiger charge is -2.15. The second-order valence-corrected chi connectivity index (χ2v) is 4.70. The van der Waals surface area contributed by atoms with Crippen LogP contribution in [0.25, 0.3) is 0 Å². The van der Waals surface area contributed by atoms with Gasteiger partial charge in [-0.25, -0.2) is 0 Å². The zero-order valence-corrected chi connectivity index (χ0v) is 10.7. The van der Waals surface area contributed by atoms with Crippen molar-refractivity contribution in [3.63, 3.8) is 0 Å². The Hall–Kier alpha value is -0.750. The summed E-state index contributed by atoms with van der Waals surface area (Å²) in [6.45, 7) is 4.98. The van der Waals surface area contributed by atoms with Gasteiger partial charge < -0.3 is 10.3 Å². The van der Waals surface area contributed by atoms with Crippen LogP contribution in [-0.4, -0.2) is 17.9 Å². The minimum atomic E-state index is -4.39. The Morgan fingerprint density at radius 2 is 1.88 bits per heavy atom. The predicted molar refractivity (Wildman–Crippen MR) is 60.3 cm³/mol. The Kier molecular flexibility index (Phi) is 5.03. The number of nitrogens with two attached hydrogens (primary N) is 1. The highest BCUT2D eigenvalue weighted by molar-refractivity contribution is 5.85. The molecule has 1 unspecified atom stereocenters. The molecule has 0 bridgehead atoms. The van der Waals surface area contributed by atoms with Crippen molar-refractivity contribution in [2.24, 2.45) is 5.73 Å². The molecule has 3 nitrogen and oxygen atoms in total. The van der Waals surface area contributed by atoms with E-state index in [1.54, 1.807) is 0 Å². The fourth-order valence-electron chi connectivity index (χ4n) is 1.23. The molecule has 1 heterocycles. The third-order valence-corrected chi connectivity index (χ3v) is 2.26. The third-order valence-electron chi connectivity index (χ3n) is 2.26. The lowest BCUT2D eigenvalue weighted by atomic mass is 9.92. The summed E-state index contributed by atoms with van der Waals surface area (Å²) >= 11 is 0. The molecule has 0 aromatic carbocycles. The maximum Gasteiger partial charge on any atom is 0.398 e. The van der Waals surface area contributed by atoms with E-state index in [-0.39, 0.29) is 23.5 Å². The molecule has 17 heavy (non-hydrogen) atoms. The summed E-state index contributed by atoms with van der Waals surface area (Å²) in [7, 11) is 0. The van der Waals surface area contributed by atoms with Crippen molar-refractivity contribution >= 4 is 12.4 Å². The number of alkyl halides is 3. The summed E-state index contributed by atoms with van der Waals surface area (Å²) in [5, 5.41) is 3.45. The van der Waals surface area contributed by atoms with Crippen molar-refractivity contribution in [1.29, 1.82) is 0 Å². The zero-order valence-electron chi connectivity index (χ0n) is 9.84. The van der Waals surface area contributed by atoms with Crippen LogP contribution in [0.15, 0.2) is 10.6 Å². The van der Waals surface area contributed by atoms with Crippen molar-refractivity contribution in [3.05, 3.63) is 17.5 Å². The maximum atomic E-state index is 12.6. The standard InChI is InChI=1S/C10H15F3N2O.ClH/c1-9(2,3)8-4-7(15-16-8)6(5-14)10(11,12)13;/h4,6H,5,14H2,1-3H3;1H. The first-order valence-electron chi connectivity index (χ1n) is 4.90. The van der Waals surface area contributed by atoms with Crippen molar-refractivity contribution in [2.75, 3.05) is 6.54 Å². The summed E-state index contributed by atoms with van der Waals surface area (Å²) in [5.41, 5.74) is 4.59. The molecule has 0 aliphatic heterocycles. The van der Waals surface area contributed by atoms with Gasteiger partial charge in [0, 0.05) is 18.0 Å². The van der Waals surface area contributed by atoms with Gasteiger partial charge in [-0.05, 0) is 0 Å². The minimum Gasteiger partial charge on any atom is -0.361 e. The Morgan fingerprint density at radius 1 is 1.35 bits per heavy atom. The molecule has 0 saturated heterocycles. The molecule has 0 spiro atoms. The van der Waals surface area contributed by atoms with Gasteiger partial charge in [0.15, 0.2) is 0 Å². The third kappa shape index (κ3) is 3.89. The summed E-state index contributed by atoms with van der Waals surface area (Å²) < 4.78 is 42.6. The molecule has 2 N–H and O–H groups in total. The monoisotopic (exact) mass is 272 g/mol. The fourth-order valence-corrected chi connectivity index (χ4v) is 1.23. The van der Waals surface area contributed by atoms with Gasteiger partial charge in [-0.2, -0.15) is 13.2 Å². The molecule has 1 aromatic rings. The SMILES string of the molecule is CC(C)(C)c1cc(C(CN)C(F)(F)F)no1.Cl. The molecule has 1 rings (SSSR count). The molecule has 7 heteroatoms. The first kappa shape index (κ1) is 16.2. The average molecular weight is 273 g/mol. The van der Waals surface area contributed by atoms with Crippen molar-refractivity contribution in [3.8, 4) is 0 Å². The Labute approximate surface area is 104 Å². The predicted octanol–water partition coefficient (Wildman–Crippen LogP) is 3.00. The van der Waals surface area contributed by atoms with Crippen LogP contribution in [0.4, 0.5) is 13.2 Å². The summed E-state index contributed by atoms with van der Waals surface area (Å²) in [5.74, 6) is -1.34. The number of nitrogens with zero attached hydrogens (tertiary/aromatic N) is 1. The Morgan fingerprint density at radius 3 is 2.18 bits per heavy atom. The second-order valence-electron chi connectivity index (χ2n) is 4.70. The topological polar surface area (TPSA) is 52.0 Å². The van der Waals surface area contributed by atoms with Gasteiger partial charge in [0.05, 0.1) is 5.69 Å². The Balaban J connectivity index is 0.00000256. The molecule has 0 saturated carbocycles. The van der Waals surface area contributed by atoms with Crippen LogP contribution >= 0.6 is 12.4 Å². The van der Waals surface area contributed by atoms with Crippen LogP contribution in [-0.2, 0) is 5.41 Å². The smallest absolute Gasteiger partial charge is 0.361 e. The Bertz CT molecular complexity index is 357. The van der Waals surface area contributed by atoms with E-state index < -0.39 is 18.6 Å². The highest BCUT2D eigenvalue weighted by Gasteiger charge is 2.42. The molecule has 0 aliphatic rings. The van der Waals surface area contributed by atoms with Crippen LogP contribution in [0.5, 0.6) is 0 Å². The van der Waals surface area contributed by atoms with Crippen molar-refractivity contribution in [1.82, 2.24) is 5.16 Å². The molecule has 0 amide bonds. The highest BCUT2D eigenvalue weighted by atomic mass is 35.5. The number of rotatable bonds is 2. The van der Waals surface area contributed by atoms with E-state index in [4.69, 9.17) is 10.3 Å². The zero-order chi connectivity index (χ0) is 12.6. The number of hydrogen-bond donors (Lipinski definition) is 1. The minimum absolute atomic E-state index is 0. The number of hydrogen-bond acceptors (Lipinski definition) is 3. The van der Waals surface area contributed by atoms with E-state index in [1.807, 2.05) is 20.8 Å². The number of aromatic nitrogens is 1. The fraction of sp³-hybridized carbons (Fsp3) is 0.700. The summed E-state index contributed by atoms with van der Waals surface area (Å²) in [6, 6.07) is 1.32. The summed E-state index contributed by atoms with van der Waals surface area (Å²) in [4.78, 5) is 0. The lowest BCUT2D eigenvalue weighted by molar-refractivity contribution is -0.149. The molecule has 1 atom stereocenters. The highest BCUT2D eigenvalue weighted by Crippen LogP contribution is 2.35. The van der Waals surface area contributed by atoms with Crippen LogP contribution in [0.1, 0.15) is 38.1 Å². The maximum absolute atomic E-state index is 12.6. The molecular formula is C10H16ClF3N2O. The van der Waals surface area contributed by atoms with Gasteiger partial charge in [-0.1, -0.05) is 25.9 Å². The van der Waals surface area contributed by atoms with Gasteiger partial charge >= 0.3 is 6.18 Å². The van der Waals surface area contributed by atoms with Gasteiger partial charge in [0.25, 0.3) is 0 Å². The lowest BCUT2D eigenvalue weighted by Crippen LogP contribution is -2.28. The van der Waals surface area contributed by atoms with Crippen molar-refractivity contribution < 1.29 is 17.7 Å². The summed E-state index contributed by atoms with van der Waals surface area (Å²) in [6.07, 6.45) is -4.39. The van der Waals surface area contributed by atoms with E-state index in [2.05, 4.69) is 5.16 Å². The van der Waals surface area contributed by atoms with Gasteiger partial charge in [0.2, 0.25) is 0 Å². The largest absolute Gasteiger partial charge is 0.398 e. The first-order chi connectivity index (χ1) is 7.16. The normalized spacial score (nSPS) is 14.3. The quantitative estimate of drug-likeness (QED) is 0.900. The average Bonchev–Trinajstić information content (AvgIpc) is 2.50. The second kappa shape index (κ2) is 5.27. The van der Waals surface area contributed by atoms with Gasteiger partial charge in [-0.3, -0.25) is 0 Å². The molecule has 1 aromatic heterocycles. The molecule has 0 fully saturated rings. The molecule has 100 valence electrons. The van der Waals surface area contributed by atoms with Crippen LogP contribution in [0.2, 0.25) is 0 Å².